The van der Waals surface area contributed by atoms with E-state index in [1.807, 2.05) is 6.07 Å². The van der Waals surface area contributed by atoms with E-state index >= 15 is 0 Å². The van der Waals surface area contributed by atoms with Gasteiger partial charge in [0.25, 0.3) is 11.5 Å². The van der Waals surface area contributed by atoms with Gasteiger partial charge in [-0.3, -0.25) is 9.59 Å². The van der Waals surface area contributed by atoms with Gasteiger partial charge in [0, 0.05) is 17.5 Å². The normalized spacial score (nSPS) is 21.4. The summed E-state index contributed by atoms with van der Waals surface area (Å²) in [5.41, 5.74) is 0.548. The maximum Gasteiger partial charge on any atom is 0.279 e. The summed E-state index contributed by atoms with van der Waals surface area (Å²) in [5.74, 6) is 1.34. The first kappa shape index (κ1) is 20.1. The van der Waals surface area contributed by atoms with Crippen LogP contribution in [0.3, 0.4) is 0 Å². The Bertz CT molecular complexity index is 1140. The number of nitrogens with zero attached hydrogens (tertiary/aromatic N) is 2. The fraction of sp³-hybridized carbons (Fsp3) is 0.375. The summed E-state index contributed by atoms with van der Waals surface area (Å²) in [5, 5.41) is 8.71. The highest BCUT2D eigenvalue weighted by Crippen LogP contribution is 2.30. The molecule has 1 N–H and O–H groups in total. The van der Waals surface area contributed by atoms with Crippen molar-refractivity contribution in [1.29, 1.82) is 0 Å². The zero-order valence-electron chi connectivity index (χ0n) is 17.6. The molecule has 0 unspecified atom stereocenters. The molecule has 1 aliphatic carbocycles. The first-order chi connectivity index (χ1) is 14.5. The van der Waals surface area contributed by atoms with Gasteiger partial charge in [-0.15, -0.1) is 0 Å². The van der Waals surface area contributed by atoms with E-state index in [0.717, 1.165) is 12.8 Å². The lowest BCUT2D eigenvalue weighted by Gasteiger charge is -2.34. The Balaban J connectivity index is 1.80. The van der Waals surface area contributed by atoms with Crippen LogP contribution in [0.5, 0.6) is 5.75 Å². The van der Waals surface area contributed by atoms with Crippen molar-refractivity contribution < 1.29 is 9.53 Å². The van der Waals surface area contributed by atoms with Crippen LogP contribution in [-0.4, -0.2) is 28.8 Å². The molecule has 0 saturated heterocycles. The molecule has 6 nitrogen and oxygen atoms in total. The van der Waals surface area contributed by atoms with E-state index < -0.39 is 0 Å². The SMILES string of the molecule is COc1cccc(-n2nc(C(=O)N[C@@H]3CCC[C@@H](C)[C@@H]3C)c3ccccc3c2=O)c1. The summed E-state index contributed by atoms with van der Waals surface area (Å²) in [6.45, 7) is 4.43. The summed E-state index contributed by atoms with van der Waals surface area (Å²) in [7, 11) is 1.57. The lowest BCUT2D eigenvalue weighted by atomic mass is 9.78. The van der Waals surface area contributed by atoms with Gasteiger partial charge in [0.2, 0.25) is 0 Å². The first-order valence-electron chi connectivity index (χ1n) is 10.5. The Hall–Kier alpha value is -3.15. The molecule has 6 heteroatoms. The average molecular weight is 405 g/mol. The third-order valence-corrected chi connectivity index (χ3v) is 6.34. The van der Waals surface area contributed by atoms with Gasteiger partial charge in [-0.2, -0.15) is 9.78 Å². The number of carbonyl (C=O) groups is 1. The molecule has 1 aliphatic rings. The highest BCUT2D eigenvalue weighted by atomic mass is 16.5. The maximum absolute atomic E-state index is 13.3. The Morgan fingerprint density at radius 2 is 1.87 bits per heavy atom. The van der Waals surface area contributed by atoms with Gasteiger partial charge in [-0.05, 0) is 36.5 Å². The number of nitrogens with one attached hydrogen (secondary N) is 1. The highest BCUT2D eigenvalue weighted by Gasteiger charge is 2.29. The second-order valence-electron chi connectivity index (χ2n) is 8.16. The van der Waals surface area contributed by atoms with Crippen molar-refractivity contribution in [2.45, 2.75) is 39.2 Å². The molecular weight excluding hydrogens is 378 g/mol. The third-order valence-electron chi connectivity index (χ3n) is 6.34. The highest BCUT2D eigenvalue weighted by molar-refractivity contribution is 6.05. The second kappa shape index (κ2) is 8.30. The van der Waals surface area contributed by atoms with Crippen molar-refractivity contribution in [3.05, 3.63) is 64.6 Å². The topological polar surface area (TPSA) is 73.2 Å². The van der Waals surface area contributed by atoms with E-state index in [4.69, 9.17) is 4.74 Å². The smallest absolute Gasteiger partial charge is 0.279 e. The van der Waals surface area contributed by atoms with Crippen LogP contribution in [0.25, 0.3) is 16.5 Å². The van der Waals surface area contributed by atoms with Crippen LogP contribution in [0, 0.1) is 11.8 Å². The number of ether oxygens (including phenoxy) is 1. The quantitative estimate of drug-likeness (QED) is 0.713. The van der Waals surface area contributed by atoms with E-state index in [1.54, 1.807) is 49.6 Å². The number of fused-ring (bicyclic) bond motifs is 1. The van der Waals surface area contributed by atoms with Crippen molar-refractivity contribution in [3.63, 3.8) is 0 Å². The molecule has 1 heterocycles. The van der Waals surface area contributed by atoms with Crippen molar-refractivity contribution >= 4 is 16.7 Å². The summed E-state index contributed by atoms with van der Waals surface area (Å²) in [6, 6.07) is 14.3. The fourth-order valence-electron chi connectivity index (χ4n) is 4.30. The van der Waals surface area contributed by atoms with Gasteiger partial charge in [0.1, 0.15) is 5.75 Å². The van der Waals surface area contributed by atoms with Crippen molar-refractivity contribution in [2.24, 2.45) is 11.8 Å². The molecular formula is C24H27N3O3. The van der Waals surface area contributed by atoms with Crippen LogP contribution < -0.4 is 15.6 Å². The molecule has 0 spiro atoms. The van der Waals surface area contributed by atoms with Gasteiger partial charge in [0.15, 0.2) is 5.69 Å². The standard InChI is InChI=1S/C24H27N3O3/c1-15-8-6-13-21(16(15)2)25-23(28)22-19-11-4-5-12-20(19)24(29)27(26-22)17-9-7-10-18(14-17)30-3/h4-5,7,9-12,14-16,21H,6,8,13H2,1-3H3,(H,25,28)/t15-,16+,21-/m1/s1. The monoisotopic (exact) mass is 405 g/mol. The third kappa shape index (κ3) is 3.70. The van der Waals surface area contributed by atoms with E-state index in [-0.39, 0.29) is 23.2 Å². The summed E-state index contributed by atoms with van der Waals surface area (Å²) in [4.78, 5) is 26.4. The number of hydrogen-bond donors (Lipinski definition) is 1. The predicted molar refractivity (Wildman–Crippen MR) is 117 cm³/mol. The average Bonchev–Trinajstić information content (AvgIpc) is 2.77. The molecule has 3 aromatic rings. The van der Waals surface area contributed by atoms with Gasteiger partial charge in [0.05, 0.1) is 18.2 Å². The van der Waals surface area contributed by atoms with Gasteiger partial charge < -0.3 is 10.1 Å². The minimum Gasteiger partial charge on any atom is -0.497 e. The lowest BCUT2D eigenvalue weighted by Crippen LogP contribution is -2.44. The van der Waals surface area contributed by atoms with Gasteiger partial charge >= 0.3 is 0 Å². The molecule has 156 valence electrons. The number of hydrogen-bond acceptors (Lipinski definition) is 4. The van der Waals surface area contributed by atoms with Gasteiger partial charge in [-0.25, -0.2) is 0 Å². The number of rotatable bonds is 4. The Labute approximate surface area is 175 Å². The van der Waals surface area contributed by atoms with E-state index in [2.05, 4.69) is 24.3 Å². The fourth-order valence-corrected chi connectivity index (χ4v) is 4.30. The van der Waals surface area contributed by atoms with Crippen LogP contribution in [0.4, 0.5) is 0 Å². The second-order valence-corrected chi connectivity index (χ2v) is 8.16. The number of amides is 1. The Kier molecular flexibility index (Phi) is 5.57. The summed E-state index contributed by atoms with van der Waals surface area (Å²) in [6.07, 6.45) is 3.26. The first-order valence-corrected chi connectivity index (χ1v) is 10.5. The zero-order chi connectivity index (χ0) is 21.3. The van der Waals surface area contributed by atoms with Crippen molar-refractivity contribution in [1.82, 2.24) is 15.1 Å². The van der Waals surface area contributed by atoms with E-state index in [1.165, 1.54) is 11.1 Å². The largest absolute Gasteiger partial charge is 0.497 e. The molecule has 2 aromatic carbocycles. The van der Waals surface area contributed by atoms with Gasteiger partial charge in [-0.1, -0.05) is 51.0 Å². The number of methoxy groups -OCH3 is 1. The number of carbonyl (C=O) groups excluding carboxylic acids is 1. The van der Waals surface area contributed by atoms with Crippen molar-refractivity contribution in [3.8, 4) is 11.4 Å². The number of aromatic nitrogens is 2. The Morgan fingerprint density at radius 1 is 1.10 bits per heavy atom. The predicted octanol–water partition coefficient (Wildman–Crippen LogP) is 3.95. The number of benzene rings is 2. The molecule has 0 aliphatic heterocycles. The van der Waals surface area contributed by atoms with Crippen LogP contribution in [0.15, 0.2) is 53.3 Å². The molecule has 1 fully saturated rings. The molecule has 0 radical (unpaired) electrons. The molecule has 0 bridgehead atoms. The lowest BCUT2D eigenvalue weighted by molar-refractivity contribution is 0.0886. The van der Waals surface area contributed by atoms with Crippen LogP contribution >= 0.6 is 0 Å². The summed E-state index contributed by atoms with van der Waals surface area (Å²) >= 11 is 0. The maximum atomic E-state index is 13.3. The van der Waals surface area contributed by atoms with Crippen LogP contribution in [0.2, 0.25) is 0 Å². The molecule has 3 atom stereocenters. The van der Waals surface area contributed by atoms with Crippen molar-refractivity contribution in [2.75, 3.05) is 7.11 Å². The molecule has 1 saturated carbocycles. The zero-order valence-corrected chi connectivity index (χ0v) is 17.6. The molecule has 1 amide bonds. The van der Waals surface area contributed by atoms with Crippen LogP contribution in [0.1, 0.15) is 43.6 Å². The Morgan fingerprint density at radius 3 is 2.63 bits per heavy atom. The van der Waals surface area contributed by atoms with E-state index in [9.17, 15) is 9.59 Å². The molecule has 4 rings (SSSR count). The molecule has 30 heavy (non-hydrogen) atoms. The van der Waals surface area contributed by atoms with E-state index in [0.29, 0.717) is 34.0 Å². The molecule has 1 aromatic heterocycles. The summed E-state index contributed by atoms with van der Waals surface area (Å²) < 4.78 is 6.57. The van der Waals surface area contributed by atoms with Crippen LogP contribution in [-0.2, 0) is 0 Å². The minimum absolute atomic E-state index is 0.110. The minimum atomic E-state index is -0.268.